The van der Waals surface area contributed by atoms with Crippen molar-refractivity contribution in [2.45, 2.75) is 19.6 Å². The van der Waals surface area contributed by atoms with E-state index in [0.29, 0.717) is 23.4 Å². The zero-order chi connectivity index (χ0) is 19.5. The normalized spacial score (nSPS) is 12.1. The third-order valence-corrected chi connectivity index (χ3v) is 4.26. The summed E-state index contributed by atoms with van der Waals surface area (Å²) in [7, 11) is 0. The van der Waals surface area contributed by atoms with Gasteiger partial charge in [0.25, 0.3) is 5.88 Å². The fourth-order valence-electron chi connectivity index (χ4n) is 2.71. The first-order chi connectivity index (χ1) is 13.6. The van der Waals surface area contributed by atoms with Crippen LogP contribution in [0.5, 0.6) is 11.6 Å². The monoisotopic (exact) mass is 379 g/mol. The van der Waals surface area contributed by atoms with Gasteiger partial charge in [-0.3, -0.25) is 5.10 Å². The highest BCUT2D eigenvalue weighted by atomic mass is 19.1. The number of aromatic amines is 1. The van der Waals surface area contributed by atoms with Crippen LogP contribution in [0.25, 0.3) is 22.5 Å². The van der Waals surface area contributed by atoms with Gasteiger partial charge in [0.1, 0.15) is 12.0 Å². The minimum Gasteiger partial charge on any atom is -0.436 e. The van der Waals surface area contributed by atoms with Crippen LogP contribution < -0.4 is 4.74 Å². The highest BCUT2D eigenvalue weighted by Crippen LogP contribution is 2.27. The quantitative estimate of drug-likeness (QED) is 0.525. The molecule has 1 atom stereocenters. The number of pyridine rings is 1. The van der Waals surface area contributed by atoms with E-state index >= 15 is 0 Å². The molecule has 0 fully saturated rings. The minimum atomic E-state index is -0.643. The molecule has 3 heterocycles. The van der Waals surface area contributed by atoms with Gasteiger partial charge in [0.05, 0.1) is 11.4 Å². The van der Waals surface area contributed by atoms with Gasteiger partial charge in [0.2, 0.25) is 0 Å². The summed E-state index contributed by atoms with van der Waals surface area (Å²) in [5.74, 6) is -0.215. The van der Waals surface area contributed by atoms with Crippen LogP contribution in [0, 0.1) is 5.82 Å². The van der Waals surface area contributed by atoms with Crippen molar-refractivity contribution in [2.24, 2.45) is 0 Å². The average molecular weight is 379 g/mol. The molecule has 0 aliphatic heterocycles. The fourth-order valence-corrected chi connectivity index (χ4v) is 2.71. The SMILES string of the molecule is CCC(O)n1ccc(-c2ccc(Oc3ncc(-c4ccn[nH]4)cc3F)cc2)n1. The van der Waals surface area contributed by atoms with E-state index < -0.39 is 12.0 Å². The summed E-state index contributed by atoms with van der Waals surface area (Å²) >= 11 is 0. The molecule has 0 amide bonds. The molecule has 0 radical (unpaired) electrons. The Morgan fingerprint density at radius 3 is 2.68 bits per heavy atom. The Hall–Kier alpha value is -3.52. The number of halogens is 1. The van der Waals surface area contributed by atoms with Crippen molar-refractivity contribution < 1.29 is 14.2 Å². The van der Waals surface area contributed by atoms with Crippen LogP contribution in [0.15, 0.2) is 61.1 Å². The molecule has 0 bridgehead atoms. The highest BCUT2D eigenvalue weighted by molar-refractivity contribution is 5.60. The van der Waals surface area contributed by atoms with Crippen molar-refractivity contribution in [3.8, 4) is 34.1 Å². The second kappa shape index (κ2) is 7.61. The molecule has 1 aromatic carbocycles. The van der Waals surface area contributed by atoms with Gasteiger partial charge < -0.3 is 9.84 Å². The smallest absolute Gasteiger partial charge is 0.255 e. The first-order valence-corrected chi connectivity index (χ1v) is 8.81. The number of ether oxygens (including phenoxy) is 1. The van der Waals surface area contributed by atoms with E-state index in [9.17, 15) is 9.50 Å². The van der Waals surface area contributed by atoms with Crippen LogP contribution in [0.3, 0.4) is 0 Å². The predicted molar refractivity (Wildman–Crippen MR) is 101 cm³/mol. The maximum absolute atomic E-state index is 14.3. The Morgan fingerprint density at radius 1 is 1.18 bits per heavy atom. The summed E-state index contributed by atoms with van der Waals surface area (Å²) in [5.41, 5.74) is 2.85. The van der Waals surface area contributed by atoms with Gasteiger partial charge in [-0.05, 0) is 48.9 Å². The van der Waals surface area contributed by atoms with Crippen molar-refractivity contribution in [3.05, 3.63) is 66.9 Å². The summed E-state index contributed by atoms with van der Waals surface area (Å²) < 4.78 is 21.4. The van der Waals surface area contributed by atoms with Crippen molar-refractivity contribution in [1.82, 2.24) is 25.0 Å². The number of hydrogen-bond donors (Lipinski definition) is 2. The van der Waals surface area contributed by atoms with Crippen LogP contribution in [0.4, 0.5) is 4.39 Å². The Kier molecular flexibility index (Phi) is 4.86. The number of nitrogens with zero attached hydrogens (tertiary/aromatic N) is 4. The Balaban J connectivity index is 1.49. The minimum absolute atomic E-state index is 0.105. The molecule has 4 aromatic rings. The van der Waals surface area contributed by atoms with E-state index in [1.54, 1.807) is 30.6 Å². The molecule has 0 aliphatic carbocycles. The summed E-state index contributed by atoms with van der Waals surface area (Å²) in [4.78, 5) is 4.05. The van der Waals surface area contributed by atoms with E-state index in [0.717, 1.165) is 11.3 Å². The van der Waals surface area contributed by atoms with Crippen LogP contribution in [0.1, 0.15) is 19.6 Å². The van der Waals surface area contributed by atoms with Crippen molar-refractivity contribution >= 4 is 0 Å². The van der Waals surface area contributed by atoms with E-state index in [-0.39, 0.29) is 5.88 Å². The van der Waals surface area contributed by atoms with E-state index in [1.165, 1.54) is 16.9 Å². The predicted octanol–water partition coefficient (Wildman–Crippen LogP) is 4.17. The number of benzene rings is 1. The van der Waals surface area contributed by atoms with E-state index in [1.807, 2.05) is 25.1 Å². The standard InChI is InChI=1S/C20H18FN5O2/c1-2-19(27)26-10-8-18(25-26)13-3-5-15(6-4-13)28-20-16(21)11-14(12-22-20)17-7-9-23-24-17/h3-12,19,27H,2H2,1H3,(H,23,24). The number of H-pyrrole nitrogens is 1. The number of aliphatic hydroxyl groups excluding tert-OH is 1. The van der Waals surface area contributed by atoms with Gasteiger partial charge in [-0.2, -0.15) is 10.2 Å². The van der Waals surface area contributed by atoms with Gasteiger partial charge in [-0.1, -0.05) is 6.92 Å². The zero-order valence-corrected chi connectivity index (χ0v) is 15.1. The highest BCUT2D eigenvalue weighted by Gasteiger charge is 2.11. The van der Waals surface area contributed by atoms with Crippen molar-refractivity contribution in [3.63, 3.8) is 0 Å². The third kappa shape index (κ3) is 3.63. The Morgan fingerprint density at radius 2 is 2.00 bits per heavy atom. The second-order valence-corrected chi connectivity index (χ2v) is 6.18. The number of aromatic nitrogens is 5. The van der Waals surface area contributed by atoms with Crippen molar-refractivity contribution in [1.29, 1.82) is 0 Å². The van der Waals surface area contributed by atoms with Crippen LogP contribution >= 0.6 is 0 Å². The molecule has 3 aromatic heterocycles. The lowest BCUT2D eigenvalue weighted by Crippen LogP contribution is -2.07. The molecule has 7 nitrogen and oxygen atoms in total. The lowest BCUT2D eigenvalue weighted by Gasteiger charge is -2.08. The van der Waals surface area contributed by atoms with Crippen LogP contribution in [0.2, 0.25) is 0 Å². The van der Waals surface area contributed by atoms with Gasteiger partial charge >= 0.3 is 0 Å². The maximum atomic E-state index is 14.3. The third-order valence-electron chi connectivity index (χ3n) is 4.26. The zero-order valence-electron chi connectivity index (χ0n) is 15.1. The lowest BCUT2D eigenvalue weighted by atomic mass is 10.1. The van der Waals surface area contributed by atoms with Crippen molar-refractivity contribution in [2.75, 3.05) is 0 Å². The molecule has 2 N–H and O–H groups in total. The van der Waals surface area contributed by atoms with Gasteiger partial charge in [-0.25, -0.2) is 14.1 Å². The van der Waals surface area contributed by atoms with E-state index in [4.69, 9.17) is 4.74 Å². The summed E-state index contributed by atoms with van der Waals surface area (Å²) in [6.45, 7) is 1.88. The summed E-state index contributed by atoms with van der Waals surface area (Å²) in [5, 5.41) is 20.8. The van der Waals surface area contributed by atoms with Crippen LogP contribution in [-0.4, -0.2) is 30.1 Å². The molecule has 0 spiro atoms. The number of nitrogens with one attached hydrogen (secondary N) is 1. The molecule has 1 unspecified atom stereocenters. The Bertz CT molecular complexity index is 1060. The molecule has 142 valence electrons. The lowest BCUT2D eigenvalue weighted by molar-refractivity contribution is 0.0870. The molecular formula is C20H18FN5O2. The average Bonchev–Trinajstić information content (AvgIpc) is 3.42. The van der Waals surface area contributed by atoms with E-state index in [2.05, 4.69) is 20.3 Å². The molecule has 0 aliphatic rings. The topological polar surface area (TPSA) is 88.9 Å². The summed E-state index contributed by atoms with van der Waals surface area (Å²) in [6, 6.07) is 12.0. The van der Waals surface area contributed by atoms with Gasteiger partial charge in [0.15, 0.2) is 5.82 Å². The van der Waals surface area contributed by atoms with Gasteiger partial charge in [-0.15, -0.1) is 0 Å². The Labute approximate surface area is 160 Å². The second-order valence-electron chi connectivity index (χ2n) is 6.18. The first kappa shape index (κ1) is 17.9. The molecule has 0 saturated carbocycles. The van der Waals surface area contributed by atoms with Crippen LogP contribution in [-0.2, 0) is 0 Å². The molecule has 28 heavy (non-hydrogen) atoms. The van der Waals surface area contributed by atoms with Gasteiger partial charge in [0, 0.05) is 29.7 Å². The maximum Gasteiger partial charge on any atom is 0.255 e. The number of hydrogen-bond acceptors (Lipinski definition) is 5. The number of rotatable bonds is 6. The number of aliphatic hydroxyl groups is 1. The molecule has 0 saturated heterocycles. The summed E-state index contributed by atoms with van der Waals surface area (Å²) in [6.07, 6.45) is 4.77. The fraction of sp³-hybridized carbons (Fsp3) is 0.150. The molecule has 8 heteroatoms. The molecular weight excluding hydrogens is 361 g/mol. The first-order valence-electron chi connectivity index (χ1n) is 8.81. The molecule has 4 rings (SSSR count). The largest absolute Gasteiger partial charge is 0.436 e.